The number of alkyl halides is 3. The molecule has 0 radical (unpaired) electrons. The van der Waals surface area contributed by atoms with Crippen molar-refractivity contribution in [2.24, 2.45) is 11.8 Å². The number of carboxylic acid groups (broad SMARTS) is 1. The van der Waals surface area contributed by atoms with Gasteiger partial charge in [-0.15, -0.1) is 0 Å². The molecule has 0 bridgehead atoms. The number of carbonyl (C=O) groups is 1. The van der Waals surface area contributed by atoms with Crippen molar-refractivity contribution in [2.45, 2.75) is 6.18 Å². The molecule has 2 atom stereocenters. The van der Waals surface area contributed by atoms with Gasteiger partial charge >= 0.3 is 12.1 Å². The van der Waals surface area contributed by atoms with Gasteiger partial charge in [0, 0.05) is 26.2 Å². The second-order valence-electron chi connectivity index (χ2n) is 5.23. The average molecular weight is 382 g/mol. The molecule has 0 spiro atoms. The van der Waals surface area contributed by atoms with Crippen LogP contribution in [0.4, 0.5) is 18.9 Å². The zero-order chi connectivity index (χ0) is 16.3. The molecule has 3 heterocycles. The summed E-state index contributed by atoms with van der Waals surface area (Å²) in [5.41, 5.74) is 1.26. The summed E-state index contributed by atoms with van der Waals surface area (Å²) in [6.07, 6.45) is -3.13. The smallest absolute Gasteiger partial charge is 0.475 e. The standard InChI is InChI=1S/C11H14BrN3.C2HF3O2/c12-11-2-1-10(5-14-11)15-6-8-3-13-4-9(8)7-15;3-2(4,5)1(6)7/h1-2,5,8-9,13H,3-4,6-7H2;(H,6,7)/t8-,9+;. The summed E-state index contributed by atoms with van der Waals surface area (Å²) in [6.45, 7) is 4.73. The number of carboxylic acids is 1. The van der Waals surface area contributed by atoms with Gasteiger partial charge < -0.3 is 15.3 Å². The number of aromatic nitrogens is 1. The lowest BCUT2D eigenvalue weighted by Gasteiger charge is -2.19. The van der Waals surface area contributed by atoms with Gasteiger partial charge in [0.2, 0.25) is 0 Å². The van der Waals surface area contributed by atoms with Crippen LogP contribution in [0.25, 0.3) is 0 Å². The van der Waals surface area contributed by atoms with Crippen LogP contribution in [0, 0.1) is 11.8 Å². The predicted octanol–water partition coefficient (Wildman–Crippen LogP) is 2.13. The van der Waals surface area contributed by atoms with E-state index in [2.05, 4.69) is 37.2 Å². The van der Waals surface area contributed by atoms with Crippen LogP contribution >= 0.6 is 15.9 Å². The zero-order valence-corrected chi connectivity index (χ0v) is 13.1. The lowest BCUT2D eigenvalue weighted by atomic mass is 10.0. The number of aliphatic carboxylic acids is 1. The Balaban J connectivity index is 0.000000217. The molecule has 2 saturated heterocycles. The third-order valence-corrected chi connectivity index (χ3v) is 4.18. The Hall–Kier alpha value is -1.35. The third kappa shape index (κ3) is 4.33. The lowest BCUT2D eigenvalue weighted by molar-refractivity contribution is -0.192. The van der Waals surface area contributed by atoms with Crippen LogP contribution in [-0.4, -0.2) is 48.4 Å². The van der Waals surface area contributed by atoms with Crippen molar-refractivity contribution >= 4 is 27.6 Å². The molecule has 5 nitrogen and oxygen atoms in total. The lowest BCUT2D eigenvalue weighted by Crippen LogP contribution is -2.25. The second-order valence-corrected chi connectivity index (χ2v) is 6.04. The van der Waals surface area contributed by atoms with Gasteiger partial charge in [-0.3, -0.25) is 0 Å². The van der Waals surface area contributed by atoms with Crippen molar-refractivity contribution in [3.8, 4) is 0 Å². The molecule has 0 unspecified atom stereocenters. The number of halogens is 4. The van der Waals surface area contributed by atoms with Crippen LogP contribution in [0.15, 0.2) is 22.9 Å². The average Bonchev–Trinajstić information content (AvgIpc) is 3.00. The first-order chi connectivity index (χ1) is 10.3. The minimum atomic E-state index is -5.08. The second kappa shape index (κ2) is 6.82. The van der Waals surface area contributed by atoms with E-state index in [0.29, 0.717) is 0 Å². The van der Waals surface area contributed by atoms with Gasteiger partial charge in [0.15, 0.2) is 0 Å². The Morgan fingerprint density at radius 3 is 2.27 bits per heavy atom. The number of nitrogens with one attached hydrogen (secondary N) is 1. The molecule has 1 aromatic heterocycles. The fourth-order valence-electron chi connectivity index (χ4n) is 2.62. The summed E-state index contributed by atoms with van der Waals surface area (Å²) in [4.78, 5) is 15.6. The zero-order valence-electron chi connectivity index (χ0n) is 11.5. The topological polar surface area (TPSA) is 65.5 Å². The summed E-state index contributed by atoms with van der Waals surface area (Å²) in [6, 6.07) is 4.16. The number of hydrogen-bond acceptors (Lipinski definition) is 4. The Labute approximate surface area is 133 Å². The molecular formula is C13H15BrF3N3O2. The number of nitrogens with zero attached hydrogens (tertiary/aromatic N) is 2. The van der Waals surface area contributed by atoms with Gasteiger partial charge in [0.05, 0.1) is 11.9 Å². The normalized spacial score (nSPS) is 23.7. The monoisotopic (exact) mass is 381 g/mol. The molecule has 2 N–H and O–H groups in total. The molecule has 9 heteroatoms. The summed E-state index contributed by atoms with van der Waals surface area (Å²) in [7, 11) is 0. The highest BCUT2D eigenvalue weighted by Gasteiger charge is 2.38. The molecule has 0 aromatic carbocycles. The molecule has 122 valence electrons. The van der Waals surface area contributed by atoms with E-state index in [1.54, 1.807) is 0 Å². The first kappa shape index (κ1) is 17.0. The van der Waals surface area contributed by atoms with Crippen molar-refractivity contribution in [3.63, 3.8) is 0 Å². The molecule has 3 rings (SSSR count). The summed E-state index contributed by atoms with van der Waals surface area (Å²) in [5, 5.41) is 10.6. The maximum absolute atomic E-state index is 10.6. The largest absolute Gasteiger partial charge is 0.490 e. The van der Waals surface area contributed by atoms with Crippen LogP contribution in [0.2, 0.25) is 0 Å². The number of pyridine rings is 1. The van der Waals surface area contributed by atoms with Gasteiger partial charge in [0.1, 0.15) is 4.60 Å². The molecule has 1 aromatic rings. The molecule has 2 fully saturated rings. The molecule has 2 aliphatic heterocycles. The number of anilines is 1. The highest BCUT2D eigenvalue weighted by atomic mass is 79.9. The maximum atomic E-state index is 10.6. The van der Waals surface area contributed by atoms with Crippen molar-refractivity contribution in [3.05, 3.63) is 22.9 Å². The van der Waals surface area contributed by atoms with Gasteiger partial charge in [0.25, 0.3) is 0 Å². The van der Waals surface area contributed by atoms with E-state index in [0.717, 1.165) is 16.4 Å². The number of hydrogen-bond donors (Lipinski definition) is 2. The summed E-state index contributed by atoms with van der Waals surface area (Å²) < 4.78 is 32.6. The summed E-state index contributed by atoms with van der Waals surface area (Å²) in [5.74, 6) is -1.07. The Kier molecular flexibility index (Phi) is 5.28. The van der Waals surface area contributed by atoms with Gasteiger partial charge in [-0.05, 0) is 39.9 Å². The number of fused-ring (bicyclic) bond motifs is 1. The molecule has 2 aliphatic rings. The van der Waals surface area contributed by atoms with Crippen molar-refractivity contribution in [1.29, 1.82) is 0 Å². The van der Waals surface area contributed by atoms with E-state index in [1.165, 1.54) is 31.9 Å². The quantitative estimate of drug-likeness (QED) is 0.729. The number of rotatable bonds is 1. The van der Waals surface area contributed by atoms with Crippen molar-refractivity contribution in [1.82, 2.24) is 10.3 Å². The minimum absolute atomic E-state index is 0.841. The van der Waals surface area contributed by atoms with E-state index in [4.69, 9.17) is 9.90 Å². The molecule has 0 aliphatic carbocycles. The minimum Gasteiger partial charge on any atom is -0.475 e. The van der Waals surface area contributed by atoms with Crippen LogP contribution < -0.4 is 10.2 Å². The Bertz CT molecular complexity index is 512. The van der Waals surface area contributed by atoms with E-state index < -0.39 is 12.1 Å². The van der Waals surface area contributed by atoms with Gasteiger partial charge in [-0.25, -0.2) is 9.78 Å². The highest BCUT2D eigenvalue weighted by molar-refractivity contribution is 9.10. The van der Waals surface area contributed by atoms with Crippen LogP contribution in [0.5, 0.6) is 0 Å². The first-order valence-corrected chi connectivity index (χ1v) is 7.44. The van der Waals surface area contributed by atoms with Gasteiger partial charge in [-0.1, -0.05) is 0 Å². The predicted molar refractivity (Wildman–Crippen MR) is 77.7 cm³/mol. The van der Waals surface area contributed by atoms with Crippen LogP contribution in [-0.2, 0) is 4.79 Å². The molecular weight excluding hydrogens is 367 g/mol. The SMILES string of the molecule is Brc1ccc(N2C[C@H]3CNC[C@H]3C2)cn1.O=C(O)C(F)(F)F. The first-order valence-electron chi connectivity index (χ1n) is 6.64. The molecule has 22 heavy (non-hydrogen) atoms. The summed E-state index contributed by atoms with van der Waals surface area (Å²) >= 11 is 3.36. The third-order valence-electron chi connectivity index (χ3n) is 3.71. The van der Waals surface area contributed by atoms with E-state index in [-0.39, 0.29) is 0 Å². The van der Waals surface area contributed by atoms with Crippen molar-refractivity contribution < 1.29 is 23.1 Å². The van der Waals surface area contributed by atoms with Crippen molar-refractivity contribution in [2.75, 3.05) is 31.1 Å². The highest BCUT2D eigenvalue weighted by Crippen LogP contribution is 2.30. The maximum Gasteiger partial charge on any atom is 0.490 e. The Morgan fingerprint density at radius 2 is 1.86 bits per heavy atom. The van der Waals surface area contributed by atoms with Crippen LogP contribution in [0.3, 0.4) is 0 Å². The van der Waals surface area contributed by atoms with E-state index in [9.17, 15) is 13.2 Å². The fraction of sp³-hybridized carbons (Fsp3) is 0.538. The van der Waals surface area contributed by atoms with Crippen LogP contribution in [0.1, 0.15) is 0 Å². The van der Waals surface area contributed by atoms with E-state index >= 15 is 0 Å². The molecule has 0 amide bonds. The Morgan fingerprint density at radius 1 is 1.32 bits per heavy atom. The molecule has 0 saturated carbocycles. The van der Waals surface area contributed by atoms with E-state index in [1.807, 2.05) is 12.3 Å². The fourth-order valence-corrected chi connectivity index (χ4v) is 2.86. The van der Waals surface area contributed by atoms with Gasteiger partial charge in [-0.2, -0.15) is 13.2 Å².